The van der Waals surface area contributed by atoms with Crippen molar-refractivity contribution < 1.29 is 0 Å². The average Bonchev–Trinajstić information content (AvgIpc) is 2.68. The second-order valence-corrected chi connectivity index (χ2v) is 10.5. The van der Waals surface area contributed by atoms with Crippen molar-refractivity contribution in [1.29, 1.82) is 0 Å². The van der Waals surface area contributed by atoms with Crippen molar-refractivity contribution >= 4 is 8.07 Å². The van der Waals surface area contributed by atoms with Crippen LogP contribution in [0.4, 0.5) is 0 Å². The van der Waals surface area contributed by atoms with Crippen LogP contribution in [-0.4, -0.2) is 22.6 Å². The minimum atomic E-state index is -1.36. The standard InChI is InChI=1S/C15H19N3Si/c1-12-6-7-14(10-16-12)18-11-17-15(13(18)2)8-9-19(3,4)5/h6-7,10-11H,1-5H3. The highest BCUT2D eigenvalue weighted by atomic mass is 28.3. The summed E-state index contributed by atoms with van der Waals surface area (Å²) in [5.74, 6) is 3.21. The Labute approximate surface area is 115 Å². The number of imidazole rings is 1. The minimum Gasteiger partial charge on any atom is -0.301 e. The molecule has 0 N–H and O–H groups in total. The molecule has 0 saturated heterocycles. The van der Waals surface area contributed by atoms with Crippen LogP contribution in [0.3, 0.4) is 0 Å². The van der Waals surface area contributed by atoms with Crippen LogP contribution < -0.4 is 0 Å². The van der Waals surface area contributed by atoms with Crippen LogP contribution in [0.1, 0.15) is 17.1 Å². The van der Waals surface area contributed by atoms with Crippen molar-refractivity contribution in [2.24, 2.45) is 0 Å². The third-order valence-electron chi connectivity index (χ3n) is 2.74. The van der Waals surface area contributed by atoms with E-state index in [-0.39, 0.29) is 0 Å². The fourth-order valence-electron chi connectivity index (χ4n) is 1.64. The maximum absolute atomic E-state index is 4.40. The van der Waals surface area contributed by atoms with Gasteiger partial charge >= 0.3 is 0 Å². The zero-order valence-corrected chi connectivity index (χ0v) is 13.2. The topological polar surface area (TPSA) is 30.7 Å². The van der Waals surface area contributed by atoms with Crippen LogP contribution in [0.15, 0.2) is 24.7 Å². The zero-order valence-electron chi connectivity index (χ0n) is 12.2. The van der Waals surface area contributed by atoms with E-state index in [1.807, 2.05) is 43.1 Å². The fourth-order valence-corrected chi connectivity index (χ4v) is 2.14. The molecule has 0 bridgehead atoms. The number of aryl methyl sites for hydroxylation is 1. The molecule has 0 amide bonds. The van der Waals surface area contributed by atoms with E-state index < -0.39 is 8.07 Å². The quantitative estimate of drug-likeness (QED) is 0.588. The van der Waals surface area contributed by atoms with Crippen LogP contribution in [0.25, 0.3) is 5.69 Å². The molecule has 2 rings (SSSR count). The lowest BCUT2D eigenvalue weighted by Gasteiger charge is -2.05. The number of hydrogen-bond donors (Lipinski definition) is 0. The van der Waals surface area contributed by atoms with Gasteiger partial charge in [0, 0.05) is 5.69 Å². The summed E-state index contributed by atoms with van der Waals surface area (Å²) in [6.45, 7) is 10.7. The van der Waals surface area contributed by atoms with E-state index in [4.69, 9.17) is 0 Å². The van der Waals surface area contributed by atoms with Gasteiger partial charge in [0.1, 0.15) is 20.1 Å². The molecule has 4 heteroatoms. The lowest BCUT2D eigenvalue weighted by molar-refractivity contribution is 0.984. The lowest BCUT2D eigenvalue weighted by Crippen LogP contribution is -2.16. The van der Waals surface area contributed by atoms with Crippen LogP contribution in [0.5, 0.6) is 0 Å². The summed E-state index contributed by atoms with van der Waals surface area (Å²) >= 11 is 0. The average molecular weight is 269 g/mol. The summed E-state index contributed by atoms with van der Waals surface area (Å²) in [5.41, 5.74) is 7.32. The largest absolute Gasteiger partial charge is 0.301 e. The Kier molecular flexibility index (Phi) is 3.58. The van der Waals surface area contributed by atoms with Gasteiger partial charge < -0.3 is 4.57 Å². The number of rotatable bonds is 1. The van der Waals surface area contributed by atoms with Gasteiger partial charge in [0.05, 0.1) is 17.6 Å². The van der Waals surface area contributed by atoms with E-state index >= 15 is 0 Å². The molecule has 19 heavy (non-hydrogen) atoms. The Morgan fingerprint density at radius 3 is 2.42 bits per heavy atom. The van der Waals surface area contributed by atoms with E-state index in [0.29, 0.717) is 0 Å². The summed E-state index contributed by atoms with van der Waals surface area (Å²) in [5, 5.41) is 0. The molecular formula is C15H19N3Si. The molecule has 0 aliphatic carbocycles. The molecule has 0 atom stereocenters. The second kappa shape index (κ2) is 5.02. The number of aromatic nitrogens is 3. The highest BCUT2D eigenvalue weighted by Crippen LogP contribution is 2.13. The summed E-state index contributed by atoms with van der Waals surface area (Å²) in [4.78, 5) is 8.71. The van der Waals surface area contributed by atoms with Crippen molar-refractivity contribution in [3.8, 4) is 17.2 Å². The molecule has 0 saturated carbocycles. The first-order chi connectivity index (χ1) is 8.87. The molecular weight excluding hydrogens is 250 g/mol. The molecule has 0 spiro atoms. The molecule has 0 radical (unpaired) electrons. The predicted molar refractivity (Wildman–Crippen MR) is 81.1 cm³/mol. The van der Waals surface area contributed by atoms with Gasteiger partial charge in [-0.3, -0.25) is 4.98 Å². The third kappa shape index (κ3) is 3.33. The van der Waals surface area contributed by atoms with Crippen molar-refractivity contribution in [3.63, 3.8) is 0 Å². The molecule has 0 fully saturated rings. The summed E-state index contributed by atoms with van der Waals surface area (Å²) in [6.07, 6.45) is 3.68. The van der Waals surface area contributed by atoms with Gasteiger partial charge in [-0.2, -0.15) is 0 Å². The van der Waals surface area contributed by atoms with Crippen LogP contribution in [-0.2, 0) is 0 Å². The number of nitrogens with zero attached hydrogens (tertiary/aromatic N) is 3. The summed E-state index contributed by atoms with van der Waals surface area (Å²) in [7, 11) is -1.36. The fraction of sp³-hybridized carbons (Fsp3) is 0.333. The highest BCUT2D eigenvalue weighted by Gasteiger charge is 2.10. The van der Waals surface area contributed by atoms with Gasteiger partial charge in [0.2, 0.25) is 0 Å². The maximum atomic E-state index is 4.40. The van der Waals surface area contributed by atoms with E-state index in [1.54, 1.807) is 0 Å². The first-order valence-electron chi connectivity index (χ1n) is 6.37. The van der Waals surface area contributed by atoms with Crippen molar-refractivity contribution in [1.82, 2.24) is 14.5 Å². The Morgan fingerprint density at radius 1 is 1.11 bits per heavy atom. The summed E-state index contributed by atoms with van der Waals surface area (Å²) in [6, 6.07) is 4.05. The maximum Gasteiger partial charge on any atom is 0.133 e. The van der Waals surface area contributed by atoms with Crippen molar-refractivity contribution in [3.05, 3.63) is 41.7 Å². The Balaban J connectivity index is 2.37. The van der Waals surface area contributed by atoms with Crippen LogP contribution >= 0.6 is 0 Å². The zero-order chi connectivity index (χ0) is 14.0. The van der Waals surface area contributed by atoms with Gasteiger partial charge in [-0.05, 0) is 26.0 Å². The van der Waals surface area contributed by atoms with Crippen molar-refractivity contribution in [2.45, 2.75) is 33.5 Å². The smallest absolute Gasteiger partial charge is 0.133 e. The van der Waals surface area contributed by atoms with Gasteiger partial charge in [-0.15, -0.1) is 5.54 Å². The van der Waals surface area contributed by atoms with E-state index in [2.05, 4.69) is 41.1 Å². The highest BCUT2D eigenvalue weighted by molar-refractivity contribution is 6.83. The Morgan fingerprint density at radius 2 is 1.84 bits per heavy atom. The molecule has 3 nitrogen and oxygen atoms in total. The number of hydrogen-bond acceptors (Lipinski definition) is 2. The van der Waals surface area contributed by atoms with Gasteiger partial charge in [0.15, 0.2) is 0 Å². The minimum absolute atomic E-state index is 0.864. The van der Waals surface area contributed by atoms with Gasteiger partial charge in [-0.25, -0.2) is 4.98 Å². The SMILES string of the molecule is Cc1ccc(-n2cnc(C#C[Si](C)(C)C)c2C)cn1. The molecule has 2 aromatic heterocycles. The van der Waals surface area contributed by atoms with Gasteiger partial charge in [0.25, 0.3) is 0 Å². The lowest BCUT2D eigenvalue weighted by atomic mass is 10.3. The first kappa shape index (κ1) is 13.6. The van der Waals surface area contributed by atoms with Crippen LogP contribution in [0.2, 0.25) is 19.6 Å². The molecule has 2 aromatic rings. The Bertz CT molecular complexity index is 637. The molecule has 0 aliphatic heterocycles. The second-order valence-electron chi connectivity index (χ2n) is 5.71. The van der Waals surface area contributed by atoms with E-state index in [1.165, 1.54) is 0 Å². The van der Waals surface area contributed by atoms with Crippen molar-refractivity contribution in [2.75, 3.05) is 0 Å². The third-order valence-corrected chi connectivity index (χ3v) is 3.61. The summed E-state index contributed by atoms with van der Waals surface area (Å²) < 4.78 is 2.03. The first-order valence-corrected chi connectivity index (χ1v) is 9.87. The van der Waals surface area contributed by atoms with E-state index in [9.17, 15) is 0 Å². The predicted octanol–water partition coefficient (Wildman–Crippen LogP) is 3.11. The molecule has 0 aromatic carbocycles. The monoisotopic (exact) mass is 269 g/mol. The van der Waals surface area contributed by atoms with Crippen LogP contribution in [0, 0.1) is 25.3 Å². The molecule has 0 aliphatic rings. The molecule has 98 valence electrons. The molecule has 2 heterocycles. The van der Waals surface area contributed by atoms with E-state index in [0.717, 1.165) is 22.8 Å². The Hall–Kier alpha value is -1.86. The molecule has 0 unspecified atom stereocenters. The number of pyridine rings is 1. The normalized spacial score (nSPS) is 11.0. The van der Waals surface area contributed by atoms with Gasteiger partial charge in [-0.1, -0.05) is 25.6 Å².